The number of halogens is 1. The standard InChI is InChI=1S/C16H18ClN/c17-16-8-6-14(7-9-16)15(10-11-18)12-13-4-2-1-3-5-13/h1-9,15H,10-12,18H2/t15-/m0/s1. The highest BCUT2D eigenvalue weighted by atomic mass is 35.5. The molecule has 0 aliphatic rings. The van der Waals surface area contributed by atoms with Gasteiger partial charge in [0.05, 0.1) is 0 Å². The SMILES string of the molecule is NCC[C@@H](Cc1ccccc1)c1ccc(Cl)cc1. The van der Waals surface area contributed by atoms with Crippen LogP contribution in [0, 0.1) is 0 Å². The lowest BCUT2D eigenvalue weighted by atomic mass is 9.89. The predicted molar refractivity (Wildman–Crippen MR) is 78.0 cm³/mol. The Kier molecular flexibility index (Phi) is 4.80. The second-order valence-corrected chi connectivity index (χ2v) is 4.95. The van der Waals surface area contributed by atoms with E-state index in [1.807, 2.05) is 18.2 Å². The van der Waals surface area contributed by atoms with Crippen LogP contribution in [0.3, 0.4) is 0 Å². The van der Waals surface area contributed by atoms with Gasteiger partial charge in [0.1, 0.15) is 0 Å². The summed E-state index contributed by atoms with van der Waals surface area (Å²) in [6.45, 7) is 0.708. The molecule has 1 atom stereocenters. The Hall–Kier alpha value is -1.31. The molecule has 0 saturated heterocycles. The first kappa shape index (κ1) is 13.1. The van der Waals surface area contributed by atoms with Crippen LogP contribution in [0.4, 0.5) is 0 Å². The van der Waals surface area contributed by atoms with Gasteiger partial charge < -0.3 is 5.73 Å². The first-order valence-corrected chi connectivity index (χ1v) is 6.67. The van der Waals surface area contributed by atoms with Crippen molar-refractivity contribution in [3.05, 3.63) is 70.7 Å². The second-order valence-electron chi connectivity index (χ2n) is 4.52. The van der Waals surface area contributed by atoms with Crippen molar-refractivity contribution in [3.63, 3.8) is 0 Å². The van der Waals surface area contributed by atoms with E-state index in [2.05, 4.69) is 36.4 Å². The van der Waals surface area contributed by atoms with Crippen LogP contribution in [-0.2, 0) is 6.42 Å². The topological polar surface area (TPSA) is 26.0 Å². The normalized spacial score (nSPS) is 12.3. The Morgan fingerprint density at radius 3 is 2.22 bits per heavy atom. The van der Waals surface area contributed by atoms with E-state index in [-0.39, 0.29) is 0 Å². The minimum absolute atomic E-state index is 0.467. The number of benzene rings is 2. The molecule has 0 unspecified atom stereocenters. The molecule has 18 heavy (non-hydrogen) atoms. The van der Waals surface area contributed by atoms with E-state index in [0.717, 1.165) is 17.9 Å². The molecular weight excluding hydrogens is 242 g/mol. The highest BCUT2D eigenvalue weighted by Gasteiger charge is 2.11. The van der Waals surface area contributed by atoms with Crippen molar-refractivity contribution in [2.45, 2.75) is 18.8 Å². The monoisotopic (exact) mass is 259 g/mol. The average molecular weight is 260 g/mol. The molecule has 2 N–H and O–H groups in total. The van der Waals surface area contributed by atoms with Crippen LogP contribution >= 0.6 is 11.6 Å². The first-order chi connectivity index (χ1) is 8.79. The molecule has 0 fully saturated rings. The summed E-state index contributed by atoms with van der Waals surface area (Å²) >= 11 is 5.93. The summed E-state index contributed by atoms with van der Waals surface area (Å²) in [5.41, 5.74) is 8.39. The predicted octanol–water partition coefficient (Wildman–Crippen LogP) is 4.02. The molecule has 0 saturated carbocycles. The number of hydrogen-bond acceptors (Lipinski definition) is 1. The zero-order valence-corrected chi connectivity index (χ0v) is 11.1. The Bertz CT molecular complexity index is 464. The molecule has 2 aromatic rings. The molecule has 2 aromatic carbocycles. The van der Waals surface area contributed by atoms with Gasteiger partial charge in [-0.3, -0.25) is 0 Å². The van der Waals surface area contributed by atoms with E-state index in [4.69, 9.17) is 17.3 Å². The van der Waals surface area contributed by atoms with Gasteiger partial charge in [0, 0.05) is 5.02 Å². The Labute approximate surface area is 114 Å². The zero-order chi connectivity index (χ0) is 12.8. The fourth-order valence-electron chi connectivity index (χ4n) is 2.22. The highest BCUT2D eigenvalue weighted by Crippen LogP contribution is 2.25. The first-order valence-electron chi connectivity index (χ1n) is 6.29. The maximum Gasteiger partial charge on any atom is 0.0406 e. The summed E-state index contributed by atoms with van der Waals surface area (Å²) in [6.07, 6.45) is 2.02. The summed E-state index contributed by atoms with van der Waals surface area (Å²) in [6, 6.07) is 18.6. The van der Waals surface area contributed by atoms with Crippen LogP contribution in [0.25, 0.3) is 0 Å². The van der Waals surface area contributed by atoms with Crippen molar-refractivity contribution >= 4 is 11.6 Å². The smallest absolute Gasteiger partial charge is 0.0406 e. The fraction of sp³-hybridized carbons (Fsp3) is 0.250. The largest absolute Gasteiger partial charge is 0.330 e. The van der Waals surface area contributed by atoms with Crippen molar-refractivity contribution in [2.75, 3.05) is 6.54 Å². The molecule has 0 aliphatic carbocycles. The third-order valence-corrected chi connectivity index (χ3v) is 3.43. The van der Waals surface area contributed by atoms with Crippen molar-refractivity contribution in [1.29, 1.82) is 0 Å². The molecule has 94 valence electrons. The van der Waals surface area contributed by atoms with E-state index in [0.29, 0.717) is 12.5 Å². The van der Waals surface area contributed by atoms with Gasteiger partial charge in [0.15, 0.2) is 0 Å². The van der Waals surface area contributed by atoms with Crippen LogP contribution in [0.2, 0.25) is 5.02 Å². The van der Waals surface area contributed by atoms with E-state index < -0.39 is 0 Å². The second kappa shape index (κ2) is 6.58. The third-order valence-electron chi connectivity index (χ3n) is 3.18. The quantitative estimate of drug-likeness (QED) is 0.863. The lowest BCUT2D eigenvalue weighted by molar-refractivity contribution is 0.630. The minimum atomic E-state index is 0.467. The maximum atomic E-state index is 5.93. The van der Waals surface area contributed by atoms with Crippen LogP contribution in [0.15, 0.2) is 54.6 Å². The lowest BCUT2D eigenvalue weighted by Crippen LogP contribution is -2.10. The molecule has 2 heteroatoms. The third kappa shape index (κ3) is 3.59. The van der Waals surface area contributed by atoms with Crippen LogP contribution in [0.5, 0.6) is 0 Å². The summed E-state index contributed by atoms with van der Waals surface area (Å²) in [5, 5.41) is 0.782. The van der Waals surface area contributed by atoms with Gasteiger partial charge in [-0.1, -0.05) is 54.1 Å². The molecule has 0 amide bonds. The van der Waals surface area contributed by atoms with E-state index in [9.17, 15) is 0 Å². The van der Waals surface area contributed by atoms with E-state index in [1.165, 1.54) is 11.1 Å². The molecule has 1 nitrogen and oxygen atoms in total. The fourth-order valence-corrected chi connectivity index (χ4v) is 2.35. The molecule has 2 rings (SSSR count). The molecule has 0 bridgehead atoms. The molecule has 0 heterocycles. The Morgan fingerprint density at radius 2 is 1.61 bits per heavy atom. The summed E-state index contributed by atoms with van der Waals surface area (Å²) in [4.78, 5) is 0. The van der Waals surface area contributed by atoms with Gasteiger partial charge in [-0.15, -0.1) is 0 Å². The van der Waals surface area contributed by atoms with Crippen LogP contribution in [0.1, 0.15) is 23.5 Å². The van der Waals surface area contributed by atoms with Gasteiger partial charge in [0.25, 0.3) is 0 Å². The Morgan fingerprint density at radius 1 is 0.944 bits per heavy atom. The van der Waals surface area contributed by atoms with Crippen LogP contribution in [-0.4, -0.2) is 6.54 Å². The number of hydrogen-bond donors (Lipinski definition) is 1. The zero-order valence-electron chi connectivity index (χ0n) is 10.4. The van der Waals surface area contributed by atoms with Gasteiger partial charge in [0.2, 0.25) is 0 Å². The van der Waals surface area contributed by atoms with Crippen molar-refractivity contribution < 1.29 is 0 Å². The Balaban J connectivity index is 2.15. The average Bonchev–Trinajstić information content (AvgIpc) is 2.40. The number of nitrogens with two attached hydrogens (primary N) is 1. The van der Waals surface area contributed by atoms with Crippen LogP contribution < -0.4 is 5.73 Å². The van der Waals surface area contributed by atoms with Crippen molar-refractivity contribution in [2.24, 2.45) is 5.73 Å². The summed E-state index contributed by atoms with van der Waals surface area (Å²) in [5.74, 6) is 0.467. The summed E-state index contributed by atoms with van der Waals surface area (Å²) in [7, 11) is 0. The van der Waals surface area contributed by atoms with Crippen molar-refractivity contribution in [1.82, 2.24) is 0 Å². The van der Waals surface area contributed by atoms with Crippen molar-refractivity contribution in [3.8, 4) is 0 Å². The van der Waals surface area contributed by atoms with Gasteiger partial charge in [-0.05, 0) is 48.6 Å². The number of rotatable bonds is 5. The molecule has 0 radical (unpaired) electrons. The lowest BCUT2D eigenvalue weighted by Gasteiger charge is -2.16. The molecule has 0 aromatic heterocycles. The van der Waals surface area contributed by atoms with Gasteiger partial charge >= 0.3 is 0 Å². The van der Waals surface area contributed by atoms with Gasteiger partial charge in [-0.25, -0.2) is 0 Å². The highest BCUT2D eigenvalue weighted by molar-refractivity contribution is 6.30. The molecular formula is C16H18ClN. The minimum Gasteiger partial charge on any atom is -0.330 e. The van der Waals surface area contributed by atoms with E-state index >= 15 is 0 Å². The maximum absolute atomic E-state index is 5.93. The molecule has 0 aliphatic heterocycles. The van der Waals surface area contributed by atoms with E-state index in [1.54, 1.807) is 0 Å². The summed E-state index contributed by atoms with van der Waals surface area (Å²) < 4.78 is 0. The van der Waals surface area contributed by atoms with Gasteiger partial charge in [-0.2, -0.15) is 0 Å². The molecule has 0 spiro atoms.